The zero-order valence-electron chi connectivity index (χ0n) is 17.3. The molecule has 1 fully saturated rings. The van der Waals surface area contributed by atoms with Crippen molar-refractivity contribution in [1.29, 1.82) is 0 Å². The number of nitrogens with zero attached hydrogens (tertiary/aromatic N) is 3. The van der Waals surface area contributed by atoms with E-state index in [0.717, 1.165) is 18.8 Å². The molecule has 1 saturated heterocycles. The molecule has 7 nitrogen and oxygen atoms in total. The Hall–Kier alpha value is -3.74. The Morgan fingerprint density at radius 2 is 1.61 bits per heavy atom. The maximum absolute atomic E-state index is 13.3. The van der Waals surface area contributed by atoms with E-state index in [1.807, 2.05) is 18.2 Å². The lowest BCUT2D eigenvalue weighted by atomic mass is 10.1. The first-order valence-corrected chi connectivity index (χ1v) is 10.3. The van der Waals surface area contributed by atoms with Crippen molar-refractivity contribution in [3.05, 3.63) is 82.3 Å². The van der Waals surface area contributed by atoms with Crippen LogP contribution in [0.15, 0.2) is 65.6 Å². The number of para-hydroxylation sites is 1. The summed E-state index contributed by atoms with van der Waals surface area (Å²) in [7, 11) is 0. The minimum atomic E-state index is -0.325. The highest BCUT2D eigenvalue weighted by atomic mass is 16.7. The predicted octanol–water partition coefficient (Wildman–Crippen LogP) is 2.84. The molecule has 0 aliphatic carbocycles. The largest absolute Gasteiger partial charge is 0.454 e. The molecule has 2 aliphatic heterocycles. The van der Waals surface area contributed by atoms with Crippen LogP contribution >= 0.6 is 0 Å². The van der Waals surface area contributed by atoms with Crippen molar-refractivity contribution in [2.45, 2.75) is 6.92 Å². The molecule has 3 heterocycles. The number of carbonyl (C=O) groups is 1. The van der Waals surface area contributed by atoms with Gasteiger partial charge in [0.1, 0.15) is 5.56 Å². The van der Waals surface area contributed by atoms with Crippen molar-refractivity contribution in [2.75, 3.05) is 37.9 Å². The molecule has 5 rings (SSSR count). The lowest BCUT2D eigenvalue weighted by molar-refractivity contribution is 0.0744. The quantitative estimate of drug-likeness (QED) is 0.656. The highest BCUT2D eigenvalue weighted by Gasteiger charge is 2.26. The van der Waals surface area contributed by atoms with Gasteiger partial charge in [-0.05, 0) is 42.8 Å². The van der Waals surface area contributed by atoms with E-state index in [1.54, 1.807) is 42.3 Å². The molecule has 0 bridgehead atoms. The number of aryl methyl sites for hydroxylation is 1. The van der Waals surface area contributed by atoms with Gasteiger partial charge in [-0.1, -0.05) is 18.2 Å². The van der Waals surface area contributed by atoms with Crippen molar-refractivity contribution in [3.63, 3.8) is 0 Å². The molecular weight excluding hydrogens is 394 g/mol. The summed E-state index contributed by atoms with van der Waals surface area (Å²) in [6.45, 7) is 4.59. The summed E-state index contributed by atoms with van der Waals surface area (Å²) in [5, 5.41) is 0. The highest BCUT2D eigenvalue weighted by Crippen LogP contribution is 2.33. The average molecular weight is 417 g/mol. The third-order valence-electron chi connectivity index (χ3n) is 5.84. The lowest BCUT2D eigenvalue weighted by Crippen LogP contribution is -2.50. The molecule has 0 radical (unpaired) electrons. The molecule has 0 saturated carbocycles. The first kappa shape index (κ1) is 19.2. The van der Waals surface area contributed by atoms with Gasteiger partial charge >= 0.3 is 0 Å². The number of piperazine rings is 1. The van der Waals surface area contributed by atoms with Crippen LogP contribution < -0.4 is 19.9 Å². The maximum Gasteiger partial charge on any atom is 0.268 e. The second kappa shape index (κ2) is 7.83. The number of aromatic nitrogens is 1. The number of carbonyl (C=O) groups excluding carboxylic acids is 1. The van der Waals surface area contributed by atoms with Crippen LogP contribution in [-0.2, 0) is 0 Å². The van der Waals surface area contributed by atoms with Gasteiger partial charge in [0.25, 0.3) is 11.5 Å². The van der Waals surface area contributed by atoms with Crippen LogP contribution in [0.5, 0.6) is 11.5 Å². The van der Waals surface area contributed by atoms with Gasteiger partial charge in [-0.25, -0.2) is 0 Å². The monoisotopic (exact) mass is 417 g/mol. The number of anilines is 1. The van der Waals surface area contributed by atoms with Gasteiger partial charge in [-0.15, -0.1) is 0 Å². The molecule has 0 atom stereocenters. The third kappa shape index (κ3) is 3.52. The Morgan fingerprint density at radius 3 is 2.39 bits per heavy atom. The highest BCUT2D eigenvalue weighted by molar-refractivity contribution is 5.95. The first-order chi connectivity index (χ1) is 15.1. The summed E-state index contributed by atoms with van der Waals surface area (Å²) in [5.41, 5.74) is 2.35. The fourth-order valence-corrected chi connectivity index (χ4v) is 4.09. The molecule has 31 heavy (non-hydrogen) atoms. The minimum Gasteiger partial charge on any atom is -0.454 e. The predicted molar refractivity (Wildman–Crippen MR) is 117 cm³/mol. The van der Waals surface area contributed by atoms with Crippen molar-refractivity contribution >= 4 is 11.6 Å². The van der Waals surface area contributed by atoms with Crippen LogP contribution in [0.2, 0.25) is 0 Å². The fourth-order valence-electron chi connectivity index (χ4n) is 4.09. The van der Waals surface area contributed by atoms with E-state index in [-0.39, 0.29) is 23.8 Å². The molecule has 1 aromatic heterocycles. The van der Waals surface area contributed by atoms with Crippen LogP contribution in [0.3, 0.4) is 0 Å². The van der Waals surface area contributed by atoms with E-state index in [2.05, 4.69) is 17.0 Å². The van der Waals surface area contributed by atoms with Gasteiger partial charge in [0.15, 0.2) is 11.5 Å². The van der Waals surface area contributed by atoms with Gasteiger partial charge < -0.3 is 19.3 Å². The number of fused-ring (bicyclic) bond motifs is 1. The second-order valence-corrected chi connectivity index (χ2v) is 7.70. The van der Waals surface area contributed by atoms with Crippen molar-refractivity contribution in [1.82, 2.24) is 9.47 Å². The molecule has 0 unspecified atom stereocenters. The zero-order valence-corrected chi connectivity index (χ0v) is 17.3. The number of hydrogen-bond acceptors (Lipinski definition) is 5. The number of hydrogen-bond donors (Lipinski definition) is 0. The van der Waals surface area contributed by atoms with E-state index in [1.165, 1.54) is 4.57 Å². The summed E-state index contributed by atoms with van der Waals surface area (Å²) in [6, 6.07) is 17.3. The molecule has 0 spiro atoms. The van der Waals surface area contributed by atoms with Crippen LogP contribution in [0.1, 0.15) is 15.9 Å². The standard InChI is InChI=1S/C24H23N3O4/c1-17-9-10-27(19-7-8-20-21(15-19)31-16-30-20)24(29)22(17)23(28)26-13-11-25(12-14-26)18-5-3-2-4-6-18/h2-10,15H,11-14,16H2,1H3. The summed E-state index contributed by atoms with van der Waals surface area (Å²) < 4.78 is 12.3. The molecule has 3 aromatic rings. The summed E-state index contributed by atoms with van der Waals surface area (Å²) in [4.78, 5) is 30.6. The van der Waals surface area contributed by atoms with Crippen molar-refractivity contribution in [3.8, 4) is 17.2 Å². The van der Waals surface area contributed by atoms with Crippen LogP contribution in [0.4, 0.5) is 5.69 Å². The van der Waals surface area contributed by atoms with E-state index >= 15 is 0 Å². The number of rotatable bonds is 3. The molecule has 2 aromatic carbocycles. The zero-order chi connectivity index (χ0) is 21.4. The van der Waals surface area contributed by atoms with Crippen LogP contribution in [-0.4, -0.2) is 48.3 Å². The molecule has 2 aliphatic rings. The summed E-state index contributed by atoms with van der Waals surface area (Å²) in [6.07, 6.45) is 1.69. The number of benzene rings is 2. The minimum absolute atomic E-state index is 0.167. The van der Waals surface area contributed by atoms with Gasteiger partial charge in [0.05, 0.1) is 5.69 Å². The van der Waals surface area contributed by atoms with Crippen molar-refractivity contribution in [2.24, 2.45) is 0 Å². The van der Waals surface area contributed by atoms with Crippen LogP contribution in [0.25, 0.3) is 5.69 Å². The first-order valence-electron chi connectivity index (χ1n) is 10.3. The topological polar surface area (TPSA) is 64.0 Å². The van der Waals surface area contributed by atoms with Gasteiger partial charge in [0, 0.05) is 44.1 Å². The van der Waals surface area contributed by atoms with E-state index in [9.17, 15) is 9.59 Å². The van der Waals surface area contributed by atoms with Crippen LogP contribution in [0, 0.1) is 6.92 Å². The number of amides is 1. The Morgan fingerprint density at radius 1 is 0.871 bits per heavy atom. The number of ether oxygens (including phenoxy) is 2. The Balaban J connectivity index is 1.40. The Kier molecular flexibility index (Phi) is 4.86. The molecule has 1 amide bonds. The molecular formula is C24H23N3O4. The SMILES string of the molecule is Cc1ccn(-c2ccc3c(c2)OCO3)c(=O)c1C(=O)N1CCN(c2ccccc2)CC1. The van der Waals surface area contributed by atoms with E-state index < -0.39 is 0 Å². The summed E-state index contributed by atoms with van der Waals surface area (Å²) in [5.74, 6) is 1.02. The Bertz CT molecular complexity index is 1180. The average Bonchev–Trinajstić information content (AvgIpc) is 3.28. The third-order valence-corrected chi connectivity index (χ3v) is 5.84. The lowest BCUT2D eigenvalue weighted by Gasteiger charge is -2.36. The smallest absolute Gasteiger partial charge is 0.268 e. The van der Waals surface area contributed by atoms with Gasteiger partial charge in [0.2, 0.25) is 6.79 Å². The Labute approximate surface area is 180 Å². The summed E-state index contributed by atoms with van der Waals surface area (Å²) >= 11 is 0. The number of pyridine rings is 1. The van der Waals surface area contributed by atoms with Gasteiger partial charge in [-0.3, -0.25) is 14.2 Å². The van der Waals surface area contributed by atoms with E-state index in [4.69, 9.17) is 9.47 Å². The normalized spacial score (nSPS) is 15.3. The van der Waals surface area contributed by atoms with Gasteiger partial charge in [-0.2, -0.15) is 0 Å². The maximum atomic E-state index is 13.3. The molecule has 0 N–H and O–H groups in total. The second-order valence-electron chi connectivity index (χ2n) is 7.70. The molecule has 7 heteroatoms. The molecule has 158 valence electrons. The van der Waals surface area contributed by atoms with E-state index in [0.29, 0.717) is 35.8 Å². The van der Waals surface area contributed by atoms with Crippen molar-refractivity contribution < 1.29 is 14.3 Å². The fraction of sp³-hybridized carbons (Fsp3) is 0.250.